The molecule has 2 aliphatic rings. The molecule has 5 rings (SSSR count). The second-order valence-corrected chi connectivity index (χ2v) is 7.20. The van der Waals surface area contributed by atoms with E-state index in [4.69, 9.17) is 4.52 Å². The molecule has 128 valence electrons. The van der Waals surface area contributed by atoms with Gasteiger partial charge in [-0.15, -0.1) is 0 Å². The lowest BCUT2D eigenvalue weighted by molar-refractivity contribution is 0.0693. The largest absolute Gasteiger partial charge is 0.359 e. The first-order chi connectivity index (χ1) is 12.2. The molecule has 1 aliphatic heterocycles. The quantitative estimate of drug-likeness (QED) is 0.737. The van der Waals surface area contributed by atoms with Crippen molar-refractivity contribution in [3.63, 3.8) is 0 Å². The van der Waals surface area contributed by atoms with Crippen LogP contribution in [0.5, 0.6) is 0 Å². The Bertz CT molecular complexity index is 957. The number of fused-ring (bicyclic) bond motifs is 3. The lowest BCUT2D eigenvalue weighted by Crippen LogP contribution is -2.37. The number of hydrogen-bond donors (Lipinski definition) is 0. The smallest absolute Gasteiger partial charge is 0.276 e. The van der Waals surface area contributed by atoms with Crippen molar-refractivity contribution in [2.24, 2.45) is 5.92 Å². The number of likely N-dealkylation sites (tertiary alicyclic amines) is 1. The van der Waals surface area contributed by atoms with Crippen LogP contribution >= 0.6 is 0 Å². The summed E-state index contributed by atoms with van der Waals surface area (Å²) in [5.41, 5.74) is 2.44. The number of nitrogens with zero attached hydrogens (tertiary/aromatic N) is 4. The molecule has 0 N–H and O–H groups in total. The lowest BCUT2D eigenvalue weighted by atomic mass is 10.1. The Morgan fingerprint density at radius 1 is 1.32 bits per heavy atom. The fraction of sp³-hybridized carbons (Fsp3) is 0.421. The molecule has 1 aliphatic carbocycles. The van der Waals surface area contributed by atoms with Gasteiger partial charge in [0.15, 0.2) is 11.5 Å². The van der Waals surface area contributed by atoms with Crippen LogP contribution in [0.2, 0.25) is 0 Å². The number of amides is 1. The molecule has 2 atom stereocenters. The van der Waals surface area contributed by atoms with Gasteiger partial charge >= 0.3 is 0 Å². The molecule has 2 bridgehead atoms. The van der Waals surface area contributed by atoms with Crippen LogP contribution in [0.15, 0.2) is 34.9 Å². The van der Waals surface area contributed by atoms with Crippen LogP contribution < -0.4 is 0 Å². The van der Waals surface area contributed by atoms with E-state index < -0.39 is 0 Å². The van der Waals surface area contributed by atoms with E-state index in [1.165, 1.54) is 6.42 Å². The van der Waals surface area contributed by atoms with Gasteiger partial charge < -0.3 is 14.0 Å². The highest BCUT2D eigenvalue weighted by molar-refractivity contribution is 5.92. The maximum Gasteiger partial charge on any atom is 0.276 e. The molecule has 1 saturated heterocycles. The van der Waals surface area contributed by atoms with Crippen LogP contribution in [0.1, 0.15) is 41.3 Å². The maximum absolute atomic E-state index is 12.7. The van der Waals surface area contributed by atoms with E-state index in [1.807, 2.05) is 36.1 Å². The van der Waals surface area contributed by atoms with E-state index in [9.17, 15) is 4.79 Å². The van der Waals surface area contributed by atoms with E-state index >= 15 is 0 Å². The van der Waals surface area contributed by atoms with Crippen molar-refractivity contribution < 1.29 is 9.32 Å². The third-order valence-electron chi connectivity index (χ3n) is 5.61. The summed E-state index contributed by atoms with van der Waals surface area (Å²) in [4.78, 5) is 19.3. The lowest BCUT2D eigenvalue weighted by Gasteiger charge is -2.25. The van der Waals surface area contributed by atoms with Crippen molar-refractivity contribution in [1.29, 1.82) is 0 Å². The molecule has 6 nitrogen and oxygen atoms in total. The summed E-state index contributed by atoms with van der Waals surface area (Å²) >= 11 is 0. The van der Waals surface area contributed by atoms with Crippen LogP contribution in [0.25, 0.3) is 11.0 Å². The van der Waals surface area contributed by atoms with Crippen LogP contribution in [0.3, 0.4) is 0 Å². The average molecular weight is 336 g/mol. The molecule has 1 saturated carbocycles. The number of benzene rings is 1. The number of hydrogen-bond acceptors (Lipinski definition) is 4. The Hall–Kier alpha value is -2.63. The summed E-state index contributed by atoms with van der Waals surface area (Å²) in [7, 11) is 0. The number of imidazole rings is 1. The minimum atomic E-state index is 0.00871. The van der Waals surface area contributed by atoms with E-state index in [-0.39, 0.29) is 5.91 Å². The number of aromatic nitrogens is 3. The number of carbonyl (C=O) groups is 1. The zero-order valence-corrected chi connectivity index (χ0v) is 14.2. The SMILES string of the molecule is Cc1nc2ccccc2n1Cc1cc(C(=O)N2C[C@H]3CC[C@H]2C3)no1. The Morgan fingerprint density at radius 2 is 2.20 bits per heavy atom. The van der Waals surface area contributed by atoms with Gasteiger partial charge in [-0.1, -0.05) is 17.3 Å². The molecule has 0 radical (unpaired) electrons. The molecule has 2 aromatic heterocycles. The molecule has 0 unspecified atom stereocenters. The van der Waals surface area contributed by atoms with Gasteiger partial charge in [-0.25, -0.2) is 4.98 Å². The molecule has 3 heterocycles. The second kappa shape index (κ2) is 5.44. The van der Waals surface area contributed by atoms with E-state index in [0.717, 1.165) is 36.2 Å². The van der Waals surface area contributed by atoms with Gasteiger partial charge in [0.2, 0.25) is 0 Å². The highest BCUT2D eigenvalue weighted by Gasteiger charge is 2.41. The van der Waals surface area contributed by atoms with Crippen molar-refractivity contribution in [2.75, 3.05) is 6.54 Å². The maximum atomic E-state index is 12.7. The minimum Gasteiger partial charge on any atom is -0.359 e. The van der Waals surface area contributed by atoms with Crippen molar-refractivity contribution in [3.05, 3.63) is 47.6 Å². The minimum absolute atomic E-state index is 0.00871. The van der Waals surface area contributed by atoms with Gasteiger partial charge in [0.05, 0.1) is 17.6 Å². The van der Waals surface area contributed by atoms with Gasteiger partial charge in [0.1, 0.15) is 5.82 Å². The first-order valence-electron chi connectivity index (χ1n) is 8.87. The normalized spacial score (nSPS) is 22.2. The fourth-order valence-corrected chi connectivity index (χ4v) is 4.36. The number of carbonyl (C=O) groups excluding carboxylic acids is 1. The van der Waals surface area contributed by atoms with E-state index in [0.29, 0.717) is 30.0 Å². The predicted octanol–water partition coefficient (Wildman–Crippen LogP) is 3.01. The van der Waals surface area contributed by atoms with Gasteiger partial charge in [-0.2, -0.15) is 0 Å². The number of rotatable bonds is 3. The Kier molecular flexibility index (Phi) is 3.20. The molecule has 6 heteroatoms. The van der Waals surface area contributed by atoms with Crippen molar-refractivity contribution in [3.8, 4) is 0 Å². The summed E-state index contributed by atoms with van der Waals surface area (Å²) in [6.45, 7) is 3.37. The highest BCUT2D eigenvalue weighted by atomic mass is 16.5. The third-order valence-corrected chi connectivity index (χ3v) is 5.61. The molecule has 25 heavy (non-hydrogen) atoms. The third kappa shape index (κ3) is 2.35. The number of piperidine rings is 1. The van der Waals surface area contributed by atoms with Crippen LogP contribution in [0, 0.1) is 12.8 Å². The van der Waals surface area contributed by atoms with Gasteiger partial charge in [-0.05, 0) is 44.2 Å². The van der Waals surface area contributed by atoms with Gasteiger partial charge in [-0.3, -0.25) is 4.79 Å². The van der Waals surface area contributed by atoms with Gasteiger partial charge in [0, 0.05) is 18.7 Å². The molecule has 2 fully saturated rings. The topological polar surface area (TPSA) is 64.2 Å². The highest BCUT2D eigenvalue weighted by Crippen LogP contribution is 2.38. The monoisotopic (exact) mass is 336 g/mol. The standard InChI is InChI=1S/C19H20N4O2/c1-12-20-16-4-2-3-5-18(16)22(12)11-15-9-17(21-25-15)19(24)23-10-13-6-7-14(23)8-13/h2-5,9,13-14H,6-8,10-11H2,1H3/t13-,14-/m0/s1. The molecule has 1 aromatic carbocycles. The Labute approximate surface area is 145 Å². The van der Waals surface area contributed by atoms with Crippen molar-refractivity contribution in [2.45, 2.75) is 38.8 Å². The zero-order chi connectivity index (χ0) is 17.0. The molecule has 1 amide bonds. The fourth-order valence-electron chi connectivity index (χ4n) is 4.36. The summed E-state index contributed by atoms with van der Waals surface area (Å²) < 4.78 is 7.54. The molecule has 3 aromatic rings. The van der Waals surface area contributed by atoms with Crippen molar-refractivity contribution >= 4 is 16.9 Å². The first-order valence-corrected chi connectivity index (χ1v) is 8.87. The Balaban J connectivity index is 1.39. The number of aryl methyl sites for hydroxylation is 1. The average Bonchev–Trinajstić information content (AvgIpc) is 3.39. The zero-order valence-electron chi connectivity index (χ0n) is 14.2. The molecule has 0 spiro atoms. The van der Waals surface area contributed by atoms with Crippen molar-refractivity contribution in [1.82, 2.24) is 19.6 Å². The summed E-state index contributed by atoms with van der Waals surface area (Å²) in [5.74, 6) is 2.29. The van der Waals surface area contributed by atoms with Crippen LogP contribution in [-0.4, -0.2) is 38.1 Å². The summed E-state index contributed by atoms with van der Waals surface area (Å²) in [5, 5.41) is 4.03. The second-order valence-electron chi connectivity index (χ2n) is 7.20. The molecular formula is C19H20N4O2. The predicted molar refractivity (Wildman–Crippen MR) is 92.2 cm³/mol. The van der Waals surface area contributed by atoms with Crippen LogP contribution in [-0.2, 0) is 6.54 Å². The number of para-hydroxylation sites is 2. The van der Waals surface area contributed by atoms with E-state index in [1.54, 1.807) is 6.07 Å². The van der Waals surface area contributed by atoms with E-state index in [2.05, 4.69) is 14.7 Å². The van der Waals surface area contributed by atoms with Crippen LogP contribution in [0.4, 0.5) is 0 Å². The first kappa shape index (κ1) is 14.7. The summed E-state index contributed by atoms with van der Waals surface area (Å²) in [6.07, 6.45) is 3.53. The molecular weight excluding hydrogens is 316 g/mol. The summed E-state index contributed by atoms with van der Waals surface area (Å²) in [6, 6.07) is 10.2. The Morgan fingerprint density at radius 3 is 3.00 bits per heavy atom. The van der Waals surface area contributed by atoms with Gasteiger partial charge in [0.25, 0.3) is 5.91 Å².